The molecule has 1 aromatic carbocycles. The molecule has 2 nitrogen and oxygen atoms in total. The minimum absolute atomic E-state index is 0.546. The molecule has 0 N–H and O–H groups in total. The molecular weight excluding hydrogens is 368 g/mol. The Hall–Kier alpha value is -1.44. The molecule has 0 aromatic heterocycles. The van der Waals surface area contributed by atoms with Crippen molar-refractivity contribution in [1.82, 2.24) is 0 Å². The second-order valence-electron chi connectivity index (χ2n) is 8.58. The zero-order chi connectivity index (χ0) is 21.5. The van der Waals surface area contributed by atoms with E-state index in [1.165, 1.54) is 121 Å². The van der Waals surface area contributed by atoms with Gasteiger partial charge in [-0.3, -0.25) is 0 Å². The predicted octanol–water partition coefficient (Wildman–Crippen LogP) is 9.03. The maximum Gasteiger partial charge on any atom is 0.122 e. The second-order valence-corrected chi connectivity index (χ2v) is 8.58. The highest BCUT2D eigenvalue weighted by atomic mass is 16.5. The number of hydrogen-bond donors (Lipinski definition) is 0. The van der Waals surface area contributed by atoms with Crippen LogP contribution in [0, 0.1) is 0 Å². The SMILES string of the molecule is C=COCCOc1ccc(CCCCCCCCCCCCCCCCCC)cc1. The van der Waals surface area contributed by atoms with Crippen LogP contribution in [0.4, 0.5) is 0 Å². The highest BCUT2D eigenvalue weighted by Crippen LogP contribution is 2.16. The lowest BCUT2D eigenvalue weighted by Gasteiger charge is -2.07. The summed E-state index contributed by atoms with van der Waals surface area (Å²) in [5.74, 6) is 0.915. The number of unbranched alkanes of at least 4 members (excludes halogenated alkanes) is 15. The summed E-state index contributed by atoms with van der Waals surface area (Å²) in [5.41, 5.74) is 1.41. The van der Waals surface area contributed by atoms with E-state index in [9.17, 15) is 0 Å². The summed E-state index contributed by atoms with van der Waals surface area (Å²) in [6.07, 6.45) is 25.4. The first-order chi connectivity index (χ1) is 14.9. The van der Waals surface area contributed by atoms with Gasteiger partial charge < -0.3 is 9.47 Å². The van der Waals surface area contributed by atoms with Crippen LogP contribution in [0.25, 0.3) is 0 Å². The van der Waals surface area contributed by atoms with Crippen LogP contribution < -0.4 is 4.74 Å². The maximum atomic E-state index is 5.63. The van der Waals surface area contributed by atoms with Gasteiger partial charge in [0, 0.05) is 0 Å². The van der Waals surface area contributed by atoms with Crippen LogP contribution in [0.2, 0.25) is 0 Å². The Morgan fingerprint density at radius 1 is 0.633 bits per heavy atom. The van der Waals surface area contributed by atoms with Crippen molar-refractivity contribution >= 4 is 0 Å². The highest BCUT2D eigenvalue weighted by molar-refractivity contribution is 5.27. The number of aryl methyl sites for hydroxylation is 1. The van der Waals surface area contributed by atoms with Crippen molar-refractivity contribution in [3.63, 3.8) is 0 Å². The molecular formula is C28H48O2. The molecule has 1 rings (SSSR count). The van der Waals surface area contributed by atoms with E-state index in [0.717, 1.165) is 5.75 Å². The normalized spacial score (nSPS) is 10.8. The predicted molar refractivity (Wildman–Crippen MR) is 131 cm³/mol. The van der Waals surface area contributed by atoms with Gasteiger partial charge in [0.05, 0.1) is 6.26 Å². The molecule has 1 aromatic rings. The van der Waals surface area contributed by atoms with E-state index in [-0.39, 0.29) is 0 Å². The van der Waals surface area contributed by atoms with Gasteiger partial charge in [0.1, 0.15) is 19.0 Å². The Morgan fingerprint density at radius 3 is 1.57 bits per heavy atom. The van der Waals surface area contributed by atoms with Crippen LogP contribution in [0.15, 0.2) is 37.1 Å². The minimum atomic E-state index is 0.546. The van der Waals surface area contributed by atoms with Gasteiger partial charge in [0.2, 0.25) is 0 Å². The van der Waals surface area contributed by atoms with Gasteiger partial charge in [-0.2, -0.15) is 0 Å². The van der Waals surface area contributed by atoms with Crippen LogP contribution in [-0.2, 0) is 11.2 Å². The molecule has 0 saturated heterocycles. The van der Waals surface area contributed by atoms with E-state index < -0.39 is 0 Å². The Kier molecular flexibility index (Phi) is 18.5. The van der Waals surface area contributed by atoms with Gasteiger partial charge in [-0.25, -0.2) is 0 Å². The molecule has 30 heavy (non-hydrogen) atoms. The standard InChI is InChI=1S/C28H48O2/c1-3-5-6-7-8-9-10-11-12-13-14-15-16-17-18-19-20-27-21-23-28(24-22-27)30-26-25-29-4-2/h4,21-24H,2-3,5-20,25-26H2,1H3. The van der Waals surface area contributed by atoms with Crippen molar-refractivity contribution in [2.45, 2.75) is 116 Å². The number of hydrogen-bond acceptors (Lipinski definition) is 2. The number of ether oxygens (including phenoxy) is 2. The van der Waals surface area contributed by atoms with Gasteiger partial charge in [0.25, 0.3) is 0 Å². The number of benzene rings is 1. The fourth-order valence-corrected chi connectivity index (χ4v) is 3.92. The van der Waals surface area contributed by atoms with E-state index in [1.54, 1.807) is 0 Å². The zero-order valence-corrected chi connectivity index (χ0v) is 19.8. The molecule has 0 saturated carbocycles. The molecule has 0 spiro atoms. The van der Waals surface area contributed by atoms with E-state index in [2.05, 4.69) is 37.8 Å². The molecule has 0 atom stereocenters. The van der Waals surface area contributed by atoms with Gasteiger partial charge >= 0.3 is 0 Å². The van der Waals surface area contributed by atoms with Crippen molar-refractivity contribution < 1.29 is 9.47 Å². The Balaban J connectivity index is 1.83. The molecule has 0 fully saturated rings. The minimum Gasteiger partial charge on any atom is -0.498 e. The first-order valence-electron chi connectivity index (χ1n) is 12.8. The first kappa shape index (κ1) is 26.6. The monoisotopic (exact) mass is 416 g/mol. The van der Waals surface area contributed by atoms with Gasteiger partial charge in [-0.1, -0.05) is 122 Å². The fourth-order valence-electron chi connectivity index (χ4n) is 3.92. The summed E-state index contributed by atoms with van der Waals surface area (Å²) in [6, 6.07) is 8.51. The molecule has 0 aliphatic heterocycles. The summed E-state index contributed by atoms with van der Waals surface area (Å²) in [7, 11) is 0. The van der Waals surface area contributed by atoms with E-state index in [4.69, 9.17) is 9.47 Å². The molecule has 0 bridgehead atoms. The maximum absolute atomic E-state index is 5.63. The lowest BCUT2D eigenvalue weighted by Crippen LogP contribution is -2.03. The molecule has 0 heterocycles. The smallest absolute Gasteiger partial charge is 0.122 e. The Labute approximate surface area is 187 Å². The summed E-state index contributed by atoms with van der Waals surface area (Å²) in [6.45, 7) is 6.92. The third kappa shape index (κ3) is 16.4. The van der Waals surface area contributed by atoms with Gasteiger partial charge in [-0.15, -0.1) is 0 Å². The molecule has 0 aliphatic carbocycles. The molecule has 2 heteroatoms. The fraction of sp³-hybridized carbons (Fsp3) is 0.714. The summed E-state index contributed by atoms with van der Waals surface area (Å²) in [4.78, 5) is 0. The Bertz CT molecular complexity index is 480. The molecule has 0 aliphatic rings. The van der Waals surface area contributed by atoms with Crippen molar-refractivity contribution in [1.29, 1.82) is 0 Å². The average Bonchev–Trinajstić information content (AvgIpc) is 2.77. The quantitative estimate of drug-likeness (QED) is 0.139. The van der Waals surface area contributed by atoms with E-state index in [1.807, 2.05) is 0 Å². The largest absolute Gasteiger partial charge is 0.498 e. The van der Waals surface area contributed by atoms with Crippen molar-refractivity contribution in [3.8, 4) is 5.75 Å². The molecule has 0 amide bonds. The summed E-state index contributed by atoms with van der Waals surface area (Å²) >= 11 is 0. The molecule has 0 radical (unpaired) electrons. The van der Waals surface area contributed by atoms with Crippen LogP contribution in [0.1, 0.15) is 115 Å². The highest BCUT2D eigenvalue weighted by Gasteiger charge is 1.98. The average molecular weight is 417 g/mol. The summed E-state index contributed by atoms with van der Waals surface area (Å²) in [5, 5.41) is 0. The Morgan fingerprint density at radius 2 is 1.10 bits per heavy atom. The third-order valence-electron chi connectivity index (χ3n) is 5.83. The van der Waals surface area contributed by atoms with Crippen LogP contribution >= 0.6 is 0 Å². The zero-order valence-electron chi connectivity index (χ0n) is 19.8. The first-order valence-corrected chi connectivity index (χ1v) is 12.8. The van der Waals surface area contributed by atoms with Crippen molar-refractivity contribution in [3.05, 3.63) is 42.7 Å². The van der Waals surface area contributed by atoms with E-state index >= 15 is 0 Å². The van der Waals surface area contributed by atoms with Gasteiger partial charge in [-0.05, 0) is 30.5 Å². The molecule has 0 unspecified atom stereocenters. The topological polar surface area (TPSA) is 18.5 Å². The summed E-state index contributed by atoms with van der Waals surface area (Å²) < 4.78 is 10.7. The lowest BCUT2D eigenvalue weighted by molar-refractivity contribution is 0.179. The molecule has 172 valence electrons. The second kappa shape index (κ2) is 20.8. The van der Waals surface area contributed by atoms with Crippen molar-refractivity contribution in [2.24, 2.45) is 0 Å². The van der Waals surface area contributed by atoms with E-state index in [0.29, 0.717) is 13.2 Å². The third-order valence-corrected chi connectivity index (χ3v) is 5.83. The lowest BCUT2D eigenvalue weighted by atomic mass is 10.0. The van der Waals surface area contributed by atoms with Crippen LogP contribution in [-0.4, -0.2) is 13.2 Å². The van der Waals surface area contributed by atoms with Crippen molar-refractivity contribution in [2.75, 3.05) is 13.2 Å². The van der Waals surface area contributed by atoms with Crippen LogP contribution in [0.3, 0.4) is 0 Å². The number of rotatable bonds is 22. The van der Waals surface area contributed by atoms with Gasteiger partial charge in [0.15, 0.2) is 0 Å². The van der Waals surface area contributed by atoms with Crippen LogP contribution in [0.5, 0.6) is 5.75 Å².